The molecule has 0 radical (unpaired) electrons. The Morgan fingerprint density at radius 1 is 1.36 bits per heavy atom. The zero-order valence-corrected chi connectivity index (χ0v) is 7.25. The lowest BCUT2D eigenvalue weighted by Gasteiger charge is -2.41. The van der Waals surface area contributed by atoms with Crippen LogP contribution in [0.15, 0.2) is 0 Å². The molecule has 2 heteroatoms. The average Bonchev–Trinajstić information content (AvgIpc) is 2.04. The van der Waals surface area contributed by atoms with Gasteiger partial charge < -0.3 is 4.74 Å². The van der Waals surface area contributed by atoms with Gasteiger partial charge in [0.15, 0.2) is 0 Å². The van der Waals surface area contributed by atoms with Crippen LogP contribution in [0.25, 0.3) is 0 Å². The first kappa shape index (κ1) is 7.56. The van der Waals surface area contributed by atoms with E-state index in [1.165, 1.54) is 32.2 Å². The lowest BCUT2D eigenvalue weighted by atomic mass is 9.97. The normalized spacial score (nSPS) is 40.1. The molecule has 0 amide bonds. The zero-order chi connectivity index (χ0) is 7.68. The van der Waals surface area contributed by atoms with E-state index in [1.807, 2.05) is 0 Å². The van der Waals surface area contributed by atoms with Crippen molar-refractivity contribution in [2.24, 2.45) is 0 Å². The molecule has 2 saturated heterocycles. The summed E-state index contributed by atoms with van der Waals surface area (Å²) in [5.41, 5.74) is 0. The minimum absolute atomic E-state index is 0.495. The van der Waals surface area contributed by atoms with Crippen molar-refractivity contribution in [3.05, 3.63) is 0 Å². The fraction of sp³-hybridized carbons (Fsp3) is 1.00. The highest BCUT2D eigenvalue weighted by molar-refractivity contribution is 4.80. The van der Waals surface area contributed by atoms with Crippen molar-refractivity contribution in [3.63, 3.8) is 0 Å². The van der Waals surface area contributed by atoms with Crippen LogP contribution < -0.4 is 0 Å². The number of piperidine rings is 1. The number of ether oxygens (including phenoxy) is 1. The molecule has 0 spiro atoms. The van der Waals surface area contributed by atoms with E-state index in [9.17, 15) is 0 Å². The smallest absolute Gasteiger partial charge is 0.0996 e. The fourth-order valence-electron chi connectivity index (χ4n) is 2.17. The molecule has 2 aliphatic rings. The van der Waals surface area contributed by atoms with Crippen molar-refractivity contribution in [2.75, 3.05) is 13.3 Å². The number of hydrogen-bond donors (Lipinski definition) is 0. The van der Waals surface area contributed by atoms with Crippen LogP contribution >= 0.6 is 0 Å². The van der Waals surface area contributed by atoms with Gasteiger partial charge in [-0.15, -0.1) is 0 Å². The summed E-state index contributed by atoms with van der Waals surface area (Å²) in [6.45, 7) is 4.33. The number of fused-ring (bicyclic) bond motifs is 1. The average molecular weight is 155 g/mol. The van der Waals surface area contributed by atoms with Crippen molar-refractivity contribution in [1.29, 1.82) is 0 Å². The van der Waals surface area contributed by atoms with Gasteiger partial charge in [0.1, 0.15) is 0 Å². The molecule has 0 aromatic carbocycles. The fourth-order valence-corrected chi connectivity index (χ4v) is 2.17. The maximum absolute atomic E-state index is 5.57. The molecule has 2 aliphatic heterocycles. The maximum Gasteiger partial charge on any atom is 0.0996 e. The van der Waals surface area contributed by atoms with Crippen LogP contribution in [0.5, 0.6) is 0 Å². The molecule has 2 nitrogen and oxygen atoms in total. The standard InChI is InChI=1S/C9H17NO/c1-8-6-9-4-2-3-5-10(9)7-11-8/h8-9H,2-7H2,1H3. The highest BCUT2D eigenvalue weighted by Gasteiger charge is 2.28. The Morgan fingerprint density at radius 3 is 3.18 bits per heavy atom. The van der Waals surface area contributed by atoms with Gasteiger partial charge in [0.25, 0.3) is 0 Å². The number of hydrogen-bond acceptors (Lipinski definition) is 2. The molecular weight excluding hydrogens is 138 g/mol. The third kappa shape index (κ3) is 1.57. The Balaban J connectivity index is 1.93. The van der Waals surface area contributed by atoms with E-state index in [4.69, 9.17) is 4.74 Å². The Hall–Kier alpha value is -0.0800. The van der Waals surface area contributed by atoms with Crippen molar-refractivity contribution in [2.45, 2.75) is 44.8 Å². The molecule has 2 rings (SSSR count). The topological polar surface area (TPSA) is 12.5 Å². The van der Waals surface area contributed by atoms with Gasteiger partial charge in [-0.2, -0.15) is 0 Å². The van der Waals surface area contributed by atoms with Gasteiger partial charge >= 0.3 is 0 Å². The van der Waals surface area contributed by atoms with Crippen LogP contribution in [-0.4, -0.2) is 30.3 Å². The summed E-state index contributed by atoms with van der Waals surface area (Å²) in [6.07, 6.45) is 5.94. The molecule has 2 unspecified atom stereocenters. The van der Waals surface area contributed by atoms with E-state index in [0.717, 1.165) is 12.8 Å². The van der Waals surface area contributed by atoms with Crippen LogP contribution in [0.1, 0.15) is 32.6 Å². The van der Waals surface area contributed by atoms with Gasteiger partial charge in [0, 0.05) is 12.6 Å². The molecule has 0 aromatic heterocycles. The second-order valence-corrected chi connectivity index (χ2v) is 3.80. The number of nitrogens with zero attached hydrogens (tertiary/aromatic N) is 1. The van der Waals surface area contributed by atoms with Gasteiger partial charge in [-0.25, -0.2) is 0 Å². The van der Waals surface area contributed by atoms with Crippen molar-refractivity contribution in [1.82, 2.24) is 4.90 Å². The lowest BCUT2D eigenvalue weighted by Crippen LogP contribution is -2.47. The number of rotatable bonds is 0. The van der Waals surface area contributed by atoms with Gasteiger partial charge in [-0.05, 0) is 26.2 Å². The molecule has 2 fully saturated rings. The summed E-state index contributed by atoms with van der Waals surface area (Å²) < 4.78 is 5.57. The first-order chi connectivity index (χ1) is 5.36. The largest absolute Gasteiger partial charge is 0.363 e. The molecule has 11 heavy (non-hydrogen) atoms. The van der Waals surface area contributed by atoms with Crippen LogP contribution in [-0.2, 0) is 4.74 Å². The van der Waals surface area contributed by atoms with Crippen LogP contribution in [0, 0.1) is 0 Å². The van der Waals surface area contributed by atoms with Crippen LogP contribution in [0.3, 0.4) is 0 Å². The summed E-state index contributed by atoms with van der Waals surface area (Å²) in [5, 5.41) is 0. The summed E-state index contributed by atoms with van der Waals surface area (Å²) in [7, 11) is 0. The lowest BCUT2D eigenvalue weighted by molar-refractivity contribution is -0.0997. The first-order valence-corrected chi connectivity index (χ1v) is 4.72. The third-order valence-electron chi connectivity index (χ3n) is 2.88. The molecule has 2 heterocycles. The summed E-state index contributed by atoms with van der Waals surface area (Å²) >= 11 is 0. The molecule has 0 saturated carbocycles. The Labute approximate surface area is 68.5 Å². The van der Waals surface area contributed by atoms with E-state index in [1.54, 1.807) is 0 Å². The van der Waals surface area contributed by atoms with Crippen molar-refractivity contribution >= 4 is 0 Å². The molecule has 0 aromatic rings. The Kier molecular flexibility index (Phi) is 2.14. The third-order valence-corrected chi connectivity index (χ3v) is 2.88. The van der Waals surface area contributed by atoms with Crippen LogP contribution in [0.4, 0.5) is 0 Å². The van der Waals surface area contributed by atoms with Crippen molar-refractivity contribution < 1.29 is 4.74 Å². The first-order valence-electron chi connectivity index (χ1n) is 4.72. The Morgan fingerprint density at radius 2 is 2.27 bits per heavy atom. The van der Waals surface area contributed by atoms with E-state index in [0.29, 0.717) is 6.10 Å². The van der Waals surface area contributed by atoms with Crippen LogP contribution in [0.2, 0.25) is 0 Å². The van der Waals surface area contributed by atoms with Gasteiger partial charge in [0.05, 0.1) is 12.8 Å². The minimum Gasteiger partial charge on any atom is -0.363 e. The monoisotopic (exact) mass is 155 g/mol. The molecule has 2 atom stereocenters. The van der Waals surface area contributed by atoms with Gasteiger partial charge in [-0.3, -0.25) is 4.90 Å². The summed E-state index contributed by atoms with van der Waals surface area (Å²) in [5.74, 6) is 0. The van der Waals surface area contributed by atoms with E-state index in [-0.39, 0.29) is 0 Å². The SMILES string of the molecule is CC1CC2CCCCN2CO1. The summed E-state index contributed by atoms with van der Waals surface area (Å²) in [6, 6.07) is 0.840. The van der Waals surface area contributed by atoms with E-state index >= 15 is 0 Å². The van der Waals surface area contributed by atoms with Gasteiger partial charge in [-0.1, -0.05) is 6.42 Å². The van der Waals surface area contributed by atoms with Crippen molar-refractivity contribution in [3.8, 4) is 0 Å². The molecule has 64 valence electrons. The zero-order valence-electron chi connectivity index (χ0n) is 7.25. The highest BCUT2D eigenvalue weighted by atomic mass is 16.5. The second-order valence-electron chi connectivity index (χ2n) is 3.80. The van der Waals surface area contributed by atoms with E-state index in [2.05, 4.69) is 11.8 Å². The van der Waals surface area contributed by atoms with Gasteiger partial charge in [0.2, 0.25) is 0 Å². The molecule has 0 N–H and O–H groups in total. The van der Waals surface area contributed by atoms with E-state index < -0.39 is 0 Å². The predicted molar refractivity (Wildman–Crippen MR) is 44.4 cm³/mol. The highest BCUT2D eigenvalue weighted by Crippen LogP contribution is 2.25. The molecular formula is C9H17NO. The summed E-state index contributed by atoms with van der Waals surface area (Å²) in [4.78, 5) is 2.49. The minimum atomic E-state index is 0.495. The predicted octanol–water partition coefficient (Wildman–Crippen LogP) is 1.61. The molecule has 0 bridgehead atoms. The maximum atomic E-state index is 5.57. The second kappa shape index (κ2) is 3.11. The Bertz CT molecular complexity index is 138. The molecule has 0 aliphatic carbocycles. The quantitative estimate of drug-likeness (QED) is 0.527.